The van der Waals surface area contributed by atoms with Crippen LogP contribution in [0.4, 0.5) is 16.3 Å². The molecule has 0 saturated carbocycles. The van der Waals surface area contributed by atoms with Crippen LogP contribution < -0.4 is 10.6 Å². The lowest BCUT2D eigenvalue weighted by molar-refractivity contribution is 0.0635. The summed E-state index contributed by atoms with van der Waals surface area (Å²) in [5, 5.41) is 6.01. The van der Waals surface area contributed by atoms with Crippen LogP contribution in [0.3, 0.4) is 0 Å². The molecule has 0 radical (unpaired) electrons. The zero-order valence-electron chi connectivity index (χ0n) is 13.6. The number of allylic oxidation sites excluding steroid dienone is 2. The van der Waals surface area contributed by atoms with Gasteiger partial charge in [-0.05, 0) is 58.1 Å². The van der Waals surface area contributed by atoms with E-state index in [1.54, 1.807) is 12.3 Å². The van der Waals surface area contributed by atoms with Gasteiger partial charge in [-0.1, -0.05) is 12.2 Å². The molecule has 1 heterocycles. The third-order valence-corrected chi connectivity index (χ3v) is 3.37. The molecule has 22 heavy (non-hydrogen) atoms. The van der Waals surface area contributed by atoms with Crippen LogP contribution in [0, 0.1) is 5.92 Å². The summed E-state index contributed by atoms with van der Waals surface area (Å²) < 4.78 is 5.19. The molecule has 0 aromatic carbocycles. The van der Waals surface area contributed by atoms with E-state index in [2.05, 4.69) is 27.8 Å². The molecule has 0 fully saturated rings. The first-order valence-electron chi connectivity index (χ1n) is 7.77. The maximum Gasteiger partial charge on any atom is 0.413 e. The van der Waals surface area contributed by atoms with Crippen LogP contribution in [-0.2, 0) is 4.74 Å². The van der Waals surface area contributed by atoms with Gasteiger partial charge in [0.15, 0.2) is 0 Å². The van der Waals surface area contributed by atoms with E-state index in [1.165, 1.54) is 12.8 Å². The van der Waals surface area contributed by atoms with Crippen molar-refractivity contribution in [3.63, 3.8) is 0 Å². The molecule has 1 aromatic heterocycles. The van der Waals surface area contributed by atoms with Gasteiger partial charge in [0.1, 0.15) is 11.4 Å². The lowest BCUT2D eigenvalue weighted by Crippen LogP contribution is -2.27. The highest BCUT2D eigenvalue weighted by Gasteiger charge is 2.16. The quantitative estimate of drug-likeness (QED) is 0.818. The van der Waals surface area contributed by atoms with Crippen molar-refractivity contribution in [3.8, 4) is 0 Å². The fourth-order valence-corrected chi connectivity index (χ4v) is 2.28. The molecule has 1 unspecified atom stereocenters. The zero-order chi connectivity index (χ0) is 16.0. The van der Waals surface area contributed by atoms with Gasteiger partial charge < -0.3 is 10.1 Å². The highest BCUT2D eigenvalue weighted by molar-refractivity contribution is 5.83. The molecule has 0 aliphatic heterocycles. The average molecular weight is 303 g/mol. The summed E-state index contributed by atoms with van der Waals surface area (Å²) in [4.78, 5) is 15.9. The van der Waals surface area contributed by atoms with Gasteiger partial charge in [-0.25, -0.2) is 9.78 Å². The Hall–Kier alpha value is -2.04. The highest BCUT2D eigenvalue weighted by atomic mass is 16.6. The standard InChI is InChI=1S/C17H25N3O2/c1-17(2,3)22-16(21)20-15-10-9-14(12-19-15)18-11-13-7-5-4-6-8-13/h4-5,9-10,12-13,18H,6-8,11H2,1-3H3,(H,19,20,21). The molecule has 1 aliphatic carbocycles. The van der Waals surface area contributed by atoms with Crippen LogP contribution in [0.1, 0.15) is 40.0 Å². The number of ether oxygens (including phenoxy) is 1. The Morgan fingerprint density at radius 3 is 2.77 bits per heavy atom. The number of nitrogens with zero attached hydrogens (tertiary/aromatic N) is 1. The minimum atomic E-state index is -0.514. The van der Waals surface area contributed by atoms with Gasteiger partial charge in [0, 0.05) is 6.54 Å². The van der Waals surface area contributed by atoms with Crippen LogP contribution in [0.5, 0.6) is 0 Å². The van der Waals surface area contributed by atoms with E-state index in [-0.39, 0.29) is 0 Å². The molecule has 0 bridgehead atoms. The van der Waals surface area contributed by atoms with Crippen LogP contribution in [-0.4, -0.2) is 23.2 Å². The third kappa shape index (κ3) is 5.76. The fourth-order valence-electron chi connectivity index (χ4n) is 2.28. The number of amides is 1. The molecular formula is C17H25N3O2. The molecule has 5 heteroatoms. The first-order valence-corrected chi connectivity index (χ1v) is 7.77. The Bertz CT molecular complexity index is 518. The average Bonchev–Trinajstić information content (AvgIpc) is 2.45. The summed E-state index contributed by atoms with van der Waals surface area (Å²) in [5.74, 6) is 1.17. The summed E-state index contributed by atoms with van der Waals surface area (Å²) in [6.45, 7) is 6.43. The van der Waals surface area contributed by atoms with E-state index in [1.807, 2.05) is 26.8 Å². The lowest BCUT2D eigenvalue weighted by Gasteiger charge is -2.20. The molecule has 1 atom stereocenters. The number of carbonyl (C=O) groups is 1. The van der Waals surface area contributed by atoms with Gasteiger partial charge >= 0.3 is 6.09 Å². The second-order valence-electron chi connectivity index (χ2n) is 6.59. The zero-order valence-corrected chi connectivity index (χ0v) is 13.6. The molecule has 0 spiro atoms. The van der Waals surface area contributed by atoms with Crippen molar-refractivity contribution < 1.29 is 9.53 Å². The van der Waals surface area contributed by atoms with Crippen molar-refractivity contribution in [1.29, 1.82) is 0 Å². The predicted octanol–water partition coefficient (Wildman–Crippen LogP) is 4.20. The van der Waals surface area contributed by atoms with Gasteiger partial charge in [-0.3, -0.25) is 5.32 Å². The second kappa shape index (κ2) is 7.29. The van der Waals surface area contributed by atoms with E-state index < -0.39 is 11.7 Å². The first kappa shape index (κ1) is 16.3. The number of carbonyl (C=O) groups excluding carboxylic acids is 1. The van der Waals surface area contributed by atoms with E-state index in [0.29, 0.717) is 11.7 Å². The maximum atomic E-state index is 11.6. The molecule has 1 aliphatic rings. The smallest absolute Gasteiger partial charge is 0.413 e. The van der Waals surface area contributed by atoms with Gasteiger partial charge in [-0.2, -0.15) is 0 Å². The third-order valence-electron chi connectivity index (χ3n) is 3.37. The molecular weight excluding hydrogens is 278 g/mol. The van der Waals surface area contributed by atoms with Crippen molar-refractivity contribution in [2.24, 2.45) is 5.92 Å². The predicted molar refractivity (Wildman–Crippen MR) is 89.1 cm³/mol. The molecule has 5 nitrogen and oxygen atoms in total. The number of aromatic nitrogens is 1. The van der Waals surface area contributed by atoms with Gasteiger partial charge in [0.2, 0.25) is 0 Å². The summed E-state index contributed by atoms with van der Waals surface area (Å²) in [5.41, 5.74) is 0.448. The van der Waals surface area contributed by atoms with Crippen molar-refractivity contribution in [3.05, 3.63) is 30.5 Å². The number of rotatable bonds is 4. The number of pyridine rings is 1. The summed E-state index contributed by atoms with van der Waals surface area (Å²) >= 11 is 0. The van der Waals surface area contributed by atoms with Crippen LogP contribution in [0.2, 0.25) is 0 Å². The van der Waals surface area contributed by atoms with E-state index in [0.717, 1.165) is 18.7 Å². The van der Waals surface area contributed by atoms with Crippen LogP contribution in [0.15, 0.2) is 30.5 Å². The van der Waals surface area contributed by atoms with Crippen molar-refractivity contribution in [2.75, 3.05) is 17.2 Å². The number of nitrogens with one attached hydrogen (secondary N) is 2. The Morgan fingerprint density at radius 2 is 2.18 bits per heavy atom. The fraction of sp³-hybridized carbons (Fsp3) is 0.529. The molecule has 120 valence electrons. The van der Waals surface area contributed by atoms with E-state index in [4.69, 9.17) is 4.74 Å². The number of anilines is 2. The molecule has 1 amide bonds. The minimum Gasteiger partial charge on any atom is -0.444 e. The summed E-state index contributed by atoms with van der Waals surface area (Å²) in [6.07, 6.45) is 9.27. The Balaban J connectivity index is 1.79. The second-order valence-corrected chi connectivity index (χ2v) is 6.59. The first-order chi connectivity index (χ1) is 10.4. The number of hydrogen-bond donors (Lipinski definition) is 2. The highest BCUT2D eigenvalue weighted by Crippen LogP contribution is 2.19. The van der Waals surface area contributed by atoms with Gasteiger partial charge in [0.25, 0.3) is 0 Å². The van der Waals surface area contributed by atoms with Crippen molar-refractivity contribution in [1.82, 2.24) is 4.98 Å². The summed E-state index contributed by atoms with van der Waals surface area (Å²) in [7, 11) is 0. The summed E-state index contributed by atoms with van der Waals surface area (Å²) in [6, 6.07) is 3.69. The van der Waals surface area contributed by atoms with Gasteiger partial charge in [-0.15, -0.1) is 0 Å². The minimum absolute atomic E-state index is 0.486. The van der Waals surface area contributed by atoms with Crippen LogP contribution in [0.25, 0.3) is 0 Å². The van der Waals surface area contributed by atoms with E-state index in [9.17, 15) is 4.79 Å². The van der Waals surface area contributed by atoms with E-state index >= 15 is 0 Å². The normalized spacial score (nSPS) is 17.9. The van der Waals surface area contributed by atoms with Crippen molar-refractivity contribution in [2.45, 2.75) is 45.6 Å². The van der Waals surface area contributed by atoms with Gasteiger partial charge in [0.05, 0.1) is 11.9 Å². The van der Waals surface area contributed by atoms with Crippen molar-refractivity contribution >= 4 is 17.6 Å². The number of hydrogen-bond acceptors (Lipinski definition) is 4. The molecule has 2 rings (SSSR count). The van der Waals surface area contributed by atoms with Crippen LogP contribution >= 0.6 is 0 Å². The monoisotopic (exact) mass is 303 g/mol. The Labute approximate surface area is 132 Å². The Kier molecular flexibility index (Phi) is 5.41. The topological polar surface area (TPSA) is 63.2 Å². The lowest BCUT2D eigenvalue weighted by atomic mass is 9.94. The molecule has 2 N–H and O–H groups in total. The molecule has 1 aromatic rings. The molecule has 0 saturated heterocycles. The largest absolute Gasteiger partial charge is 0.444 e. The Morgan fingerprint density at radius 1 is 1.36 bits per heavy atom. The SMILES string of the molecule is CC(C)(C)OC(=O)Nc1ccc(NCC2CC=CCC2)cn1. The maximum absolute atomic E-state index is 11.6.